The first kappa shape index (κ1) is 18.7. The Kier molecular flexibility index (Phi) is 4.93. The number of rotatable bonds is 3. The molecule has 0 amide bonds. The number of H-pyrrole nitrogens is 1. The largest absolute Gasteiger partial charge is 0.341 e. The Balaban J connectivity index is 1.66. The SMILES string of the molecule is Cc1nc(N2CCC(C)CC2)ncc1-c1cc(=O)n(-c2ccc(Cl)cc2F)[nH]1. The third-order valence-corrected chi connectivity index (χ3v) is 5.43. The van der Waals surface area contributed by atoms with Crippen LogP contribution in [0.4, 0.5) is 10.3 Å². The lowest BCUT2D eigenvalue weighted by Gasteiger charge is -2.30. The van der Waals surface area contributed by atoms with E-state index in [1.165, 1.54) is 24.3 Å². The predicted molar refractivity (Wildman–Crippen MR) is 108 cm³/mol. The number of nitrogens with one attached hydrogen (secondary N) is 1. The van der Waals surface area contributed by atoms with Crippen LogP contribution in [0.5, 0.6) is 0 Å². The van der Waals surface area contributed by atoms with E-state index in [0.717, 1.165) is 42.2 Å². The zero-order valence-corrected chi connectivity index (χ0v) is 16.5. The van der Waals surface area contributed by atoms with Gasteiger partial charge in [-0.05, 0) is 43.9 Å². The third-order valence-electron chi connectivity index (χ3n) is 5.19. The van der Waals surface area contributed by atoms with E-state index in [2.05, 4.69) is 26.9 Å². The monoisotopic (exact) mass is 401 g/mol. The van der Waals surface area contributed by atoms with Crippen molar-refractivity contribution in [3.05, 3.63) is 57.3 Å². The quantitative estimate of drug-likeness (QED) is 0.721. The molecule has 0 radical (unpaired) electrons. The van der Waals surface area contributed by atoms with E-state index in [1.807, 2.05) is 6.92 Å². The zero-order chi connectivity index (χ0) is 19.8. The van der Waals surface area contributed by atoms with Gasteiger partial charge in [0, 0.05) is 35.9 Å². The lowest BCUT2D eigenvalue weighted by molar-refractivity contribution is 0.434. The molecule has 8 heteroatoms. The van der Waals surface area contributed by atoms with Gasteiger partial charge in [-0.1, -0.05) is 18.5 Å². The minimum atomic E-state index is -0.578. The molecular weight excluding hydrogens is 381 g/mol. The standard InChI is InChI=1S/C20H21ClFN5O/c1-12-5-7-26(8-6-12)20-23-11-15(13(2)24-20)17-10-19(28)27(25-17)18-4-3-14(21)9-16(18)22/h3-4,9-12,25H,5-8H2,1-2H3. The molecule has 1 aromatic carbocycles. The summed E-state index contributed by atoms with van der Waals surface area (Å²) in [4.78, 5) is 23.7. The van der Waals surface area contributed by atoms with E-state index in [1.54, 1.807) is 6.20 Å². The van der Waals surface area contributed by atoms with E-state index < -0.39 is 5.82 Å². The summed E-state index contributed by atoms with van der Waals surface area (Å²) < 4.78 is 15.4. The van der Waals surface area contributed by atoms with Crippen molar-refractivity contribution in [2.24, 2.45) is 5.92 Å². The zero-order valence-electron chi connectivity index (χ0n) is 15.7. The fourth-order valence-corrected chi connectivity index (χ4v) is 3.61. The second kappa shape index (κ2) is 7.39. The van der Waals surface area contributed by atoms with Gasteiger partial charge in [-0.2, -0.15) is 0 Å². The number of hydrogen-bond donors (Lipinski definition) is 1. The van der Waals surface area contributed by atoms with Crippen LogP contribution in [0, 0.1) is 18.7 Å². The maximum Gasteiger partial charge on any atom is 0.271 e. The number of halogens is 2. The van der Waals surface area contributed by atoms with Crippen LogP contribution in [0.3, 0.4) is 0 Å². The molecule has 1 aliphatic rings. The second-order valence-electron chi connectivity index (χ2n) is 7.28. The van der Waals surface area contributed by atoms with Crippen molar-refractivity contribution in [2.75, 3.05) is 18.0 Å². The van der Waals surface area contributed by atoms with E-state index in [0.29, 0.717) is 17.2 Å². The number of benzene rings is 1. The molecule has 6 nitrogen and oxygen atoms in total. The molecule has 28 heavy (non-hydrogen) atoms. The highest BCUT2D eigenvalue weighted by Gasteiger charge is 2.19. The van der Waals surface area contributed by atoms with Crippen LogP contribution in [0.1, 0.15) is 25.5 Å². The summed E-state index contributed by atoms with van der Waals surface area (Å²) in [6.45, 7) is 6.04. The molecule has 0 spiro atoms. The summed E-state index contributed by atoms with van der Waals surface area (Å²) in [5.41, 5.74) is 1.74. The van der Waals surface area contributed by atoms with Crippen molar-refractivity contribution >= 4 is 17.5 Å². The van der Waals surface area contributed by atoms with Crippen LogP contribution in [0.15, 0.2) is 35.3 Å². The van der Waals surface area contributed by atoms with Crippen LogP contribution in [-0.4, -0.2) is 32.8 Å². The van der Waals surface area contributed by atoms with Gasteiger partial charge < -0.3 is 4.90 Å². The average Bonchev–Trinajstić information content (AvgIpc) is 3.03. The van der Waals surface area contributed by atoms with E-state index in [-0.39, 0.29) is 16.3 Å². The fraction of sp³-hybridized carbons (Fsp3) is 0.350. The van der Waals surface area contributed by atoms with Crippen molar-refractivity contribution in [3.8, 4) is 16.9 Å². The van der Waals surface area contributed by atoms with Crippen LogP contribution >= 0.6 is 11.6 Å². The summed E-state index contributed by atoms with van der Waals surface area (Å²) in [5.74, 6) is 0.860. The summed E-state index contributed by atoms with van der Waals surface area (Å²) in [7, 11) is 0. The molecule has 0 aliphatic carbocycles. The molecule has 1 N–H and O–H groups in total. The second-order valence-corrected chi connectivity index (χ2v) is 7.71. The van der Waals surface area contributed by atoms with E-state index >= 15 is 0 Å². The Morgan fingerprint density at radius 2 is 2.00 bits per heavy atom. The van der Waals surface area contributed by atoms with Crippen molar-refractivity contribution in [1.82, 2.24) is 19.7 Å². The number of hydrogen-bond acceptors (Lipinski definition) is 4. The molecule has 1 fully saturated rings. The predicted octanol–water partition coefficient (Wildman–Crippen LogP) is 3.96. The Morgan fingerprint density at radius 1 is 1.25 bits per heavy atom. The Morgan fingerprint density at radius 3 is 2.68 bits per heavy atom. The van der Waals surface area contributed by atoms with Gasteiger partial charge in [0.25, 0.3) is 5.56 Å². The number of aromatic amines is 1. The smallest absolute Gasteiger partial charge is 0.271 e. The topological polar surface area (TPSA) is 66.8 Å². The van der Waals surface area contributed by atoms with Crippen molar-refractivity contribution in [3.63, 3.8) is 0 Å². The summed E-state index contributed by atoms with van der Waals surface area (Å²) in [5, 5.41) is 3.22. The highest BCUT2D eigenvalue weighted by Crippen LogP contribution is 2.24. The highest BCUT2D eigenvalue weighted by atomic mass is 35.5. The Hall–Kier alpha value is -2.67. The van der Waals surface area contributed by atoms with E-state index in [9.17, 15) is 9.18 Å². The molecule has 1 aliphatic heterocycles. The average molecular weight is 402 g/mol. The Bertz CT molecular complexity index is 1070. The van der Waals surface area contributed by atoms with E-state index in [4.69, 9.17) is 11.6 Å². The van der Waals surface area contributed by atoms with Crippen molar-refractivity contribution in [2.45, 2.75) is 26.7 Å². The van der Waals surface area contributed by atoms with Gasteiger partial charge in [-0.25, -0.2) is 19.0 Å². The molecule has 0 atom stereocenters. The summed E-state index contributed by atoms with van der Waals surface area (Å²) in [6, 6.07) is 5.59. The molecule has 0 saturated carbocycles. The summed E-state index contributed by atoms with van der Waals surface area (Å²) in [6.07, 6.45) is 3.98. The molecule has 4 rings (SSSR count). The normalized spacial score (nSPS) is 15.2. The first-order chi connectivity index (χ1) is 13.4. The van der Waals surface area contributed by atoms with Gasteiger partial charge in [0.2, 0.25) is 5.95 Å². The molecule has 3 heterocycles. The van der Waals surface area contributed by atoms with Crippen LogP contribution in [-0.2, 0) is 0 Å². The molecule has 2 aromatic heterocycles. The first-order valence-corrected chi connectivity index (χ1v) is 9.66. The van der Waals surface area contributed by atoms with Gasteiger partial charge in [0.1, 0.15) is 11.5 Å². The lowest BCUT2D eigenvalue weighted by atomic mass is 10.00. The molecule has 0 unspecified atom stereocenters. The van der Waals surface area contributed by atoms with Crippen molar-refractivity contribution < 1.29 is 4.39 Å². The maximum absolute atomic E-state index is 14.2. The fourth-order valence-electron chi connectivity index (χ4n) is 3.46. The van der Waals surface area contributed by atoms with Crippen LogP contribution in [0.2, 0.25) is 5.02 Å². The maximum atomic E-state index is 14.2. The Labute approximate surface area is 167 Å². The first-order valence-electron chi connectivity index (χ1n) is 9.29. The van der Waals surface area contributed by atoms with Gasteiger partial charge >= 0.3 is 0 Å². The van der Waals surface area contributed by atoms with Gasteiger partial charge in [0.15, 0.2) is 0 Å². The molecule has 0 bridgehead atoms. The molecule has 146 valence electrons. The van der Waals surface area contributed by atoms with Crippen LogP contribution in [0.25, 0.3) is 16.9 Å². The minimum Gasteiger partial charge on any atom is -0.341 e. The number of nitrogens with zero attached hydrogens (tertiary/aromatic N) is 4. The molecular formula is C20H21ClFN5O. The number of aromatic nitrogens is 4. The number of anilines is 1. The lowest BCUT2D eigenvalue weighted by Crippen LogP contribution is -2.34. The minimum absolute atomic E-state index is 0.110. The highest BCUT2D eigenvalue weighted by molar-refractivity contribution is 6.30. The van der Waals surface area contributed by atoms with Gasteiger partial charge in [0.05, 0.1) is 11.4 Å². The number of piperidine rings is 1. The van der Waals surface area contributed by atoms with Crippen molar-refractivity contribution in [1.29, 1.82) is 0 Å². The third kappa shape index (κ3) is 3.54. The molecule has 1 saturated heterocycles. The summed E-state index contributed by atoms with van der Waals surface area (Å²) >= 11 is 5.79. The van der Waals surface area contributed by atoms with Crippen LogP contribution < -0.4 is 10.5 Å². The number of aryl methyl sites for hydroxylation is 1. The molecule has 3 aromatic rings. The van der Waals surface area contributed by atoms with Gasteiger partial charge in [-0.3, -0.25) is 9.89 Å². The van der Waals surface area contributed by atoms with Gasteiger partial charge in [-0.15, -0.1) is 0 Å².